The maximum atomic E-state index is 8.90. The van der Waals surface area contributed by atoms with Crippen molar-refractivity contribution in [2.75, 3.05) is 13.7 Å². The zero-order valence-corrected chi connectivity index (χ0v) is 12.9. The lowest BCUT2D eigenvalue weighted by atomic mass is 9.98. The lowest BCUT2D eigenvalue weighted by Crippen LogP contribution is -2.38. The van der Waals surface area contributed by atoms with Gasteiger partial charge in [-0.2, -0.15) is 0 Å². The minimum absolute atomic E-state index is 0.0828. The minimum Gasteiger partial charge on any atom is -0.496 e. The van der Waals surface area contributed by atoms with Gasteiger partial charge in [0, 0.05) is 12.6 Å². The van der Waals surface area contributed by atoms with Crippen LogP contribution in [-0.2, 0) is 6.54 Å². The number of ether oxygens (including phenoxy) is 1. The van der Waals surface area contributed by atoms with E-state index in [2.05, 4.69) is 17.0 Å². The highest BCUT2D eigenvalue weighted by molar-refractivity contribution is 5.99. The predicted octanol–water partition coefficient (Wildman–Crippen LogP) is 2.55. The van der Waals surface area contributed by atoms with Crippen molar-refractivity contribution in [1.29, 1.82) is 0 Å². The van der Waals surface area contributed by atoms with Crippen molar-refractivity contribution in [3.63, 3.8) is 0 Å². The van der Waals surface area contributed by atoms with Crippen molar-refractivity contribution in [3.05, 3.63) is 29.3 Å². The summed E-state index contributed by atoms with van der Waals surface area (Å²) < 4.78 is 5.27. The van der Waals surface area contributed by atoms with E-state index in [-0.39, 0.29) is 5.84 Å². The molecule has 5 heteroatoms. The van der Waals surface area contributed by atoms with Gasteiger partial charge in [-0.05, 0) is 43.5 Å². The van der Waals surface area contributed by atoms with Gasteiger partial charge in [0.2, 0.25) is 0 Å². The maximum Gasteiger partial charge on any atom is 0.173 e. The molecule has 0 spiro atoms. The first-order valence-electron chi connectivity index (χ1n) is 7.58. The smallest absolute Gasteiger partial charge is 0.173 e. The van der Waals surface area contributed by atoms with Gasteiger partial charge in [0.1, 0.15) is 5.75 Å². The number of benzene rings is 1. The van der Waals surface area contributed by atoms with Crippen LogP contribution in [0.1, 0.15) is 43.7 Å². The van der Waals surface area contributed by atoms with Gasteiger partial charge in [0.25, 0.3) is 0 Å². The average molecular weight is 291 g/mol. The molecule has 1 saturated heterocycles. The summed E-state index contributed by atoms with van der Waals surface area (Å²) in [4.78, 5) is 2.53. The molecule has 2 rings (SSSR count). The van der Waals surface area contributed by atoms with E-state index in [0.717, 1.165) is 18.7 Å². The molecule has 0 aliphatic carbocycles. The van der Waals surface area contributed by atoms with Gasteiger partial charge in [0.15, 0.2) is 5.84 Å². The second-order valence-corrected chi connectivity index (χ2v) is 5.55. The van der Waals surface area contributed by atoms with Gasteiger partial charge in [0.05, 0.1) is 12.7 Å². The topological polar surface area (TPSA) is 71.1 Å². The van der Waals surface area contributed by atoms with Gasteiger partial charge in [-0.1, -0.05) is 24.6 Å². The molecule has 0 saturated carbocycles. The Hall–Kier alpha value is -1.75. The monoisotopic (exact) mass is 291 g/mol. The number of amidine groups is 1. The SMILES string of the molecule is CCC1CCCCN1Cc1ccc(OC)c(C(N)=NO)c1. The molecule has 1 heterocycles. The van der Waals surface area contributed by atoms with Crippen molar-refractivity contribution in [3.8, 4) is 5.75 Å². The van der Waals surface area contributed by atoms with Gasteiger partial charge < -0.3 is 15.7 Å². The summed E-state index contributed by atoms with van der Waals surface area (Å²) in [7, 11) is 1.58. The Bertz CT molecular complexity index is 502. The third-order valence-electron chi connectivity index (χ3n) is 4.25. The molecule has 1 atom stereocenters. The van der Waals surface area contributed by atoms with E-state index in [9.17, 15) is 0 Å². The fraction of sp³-hybridized carbons (Fsp3) is 0.562. The Morgan fingerprint density at radius 3 is 2.95 bits per heavy atom. The summed E-state index contributed by atoms with van der Waals surface area (Å²) in [6.45, 7) is 4.29. The minimum atomic E-state index is 0.0828. The molecule has 1 unspecified atom stereocenters. The van der Waals surface area contributed by atoms with E-state index >= 15 is 0 Å². The number of rotatable bonds is 5. The first kappa shape index (κ1) is 15.6. The van der Waals surface area contributed by atoms with Crippen LogP contribution < -0.4 is 10.5 Å². The Labute approximate surface area is 126 Å². The van der Waals surface area contributed by atoms with Gasteiger partial charge in [-0.15, -0.1) is 0 Å². The van der Waals surface area contributed by atoms with E-state index in [0.29, 0.717) is 17.4 Å². The third-order valence-corrected chi connectivity index (χ3v) is 4.25. The number of piperidine rings is 1. The average Bonchev–Trinajstić information content (AvgIpc) is 2.54. The van der Waals surface area contributed by atoms with Crippen LogP contribution in [-0.4, -0.2) is 35.6 Å². The zero-order valence-electron chi connectivity index (χ0n) is 12.9. The predicted molar refractivity (Wildman–Crippen MR) is 83.8 cm³/mol. The van der Waals surface area contributed by atoms with Crippen molar-refractivity contribution in [2.24, 2.45) is 10.9 Å². The fourth-order valence-corrected chi connectivity index (χ4v) is 3.07. The molecule has 3 N–H and O–H groups in total. The number of nitrogens with zero attached hydrogens (tertiary/aromatic N) is 2. The van der Waals surface area contributed by atoms with Crippen molar-refractivity contribution in [1.82, 2.24) is 4.90 Å². The molecule has 0 radical (unpaired) electrons. The largest absolute Gasteiger partial charge is 0.496 e. The van der Waals surface area contributed by atoms with E-state index in [4.69, 9.17) is 15.7 Å². The molecule has 5 nitrogen and oxygen atoms in total. The van der Waals surface area contributed by atoms with Gasteiger partial charge >= 0.3 is 0 Å². The Morgan fingerprint density at radius 2 is 2.29 bits per heavy atom. The number of hydrogen-bond acceptors (Lipinski definition) is 4. The highest BCUT2D eigenvalue weighted by Gasteiger charge is 2.21. The molecule has 1 aliphatic heterocycles. The van der Waals surface area contributed by atoms with Gasteiger partial charge in [-0.25, -0.2) is 0 Å². The summed E-state index contributed by atoms with van der Waals surface area (Å²) in [6.07, 6.45) is 5.05. The van der Waals surface area contributed by atoms with Crippen LogP contribution in [0.5, 0.6) is 5.75 Å². The van der Waals surface area contributed by atoms with Crippen LogP contribution in [0.25, 0.3) is 0 Å². The first-order valence-corrected chi connectivity index (χ1v) is 7.58. The van der Waals surface area contributed by atoms with Crippen LogP contribution >= 0.6 is 0 Å². The van der Waals surface area contributed by atoms with Crippen molar-refractivity contribution >= 4 is 5.84 Å². The second-order valence-electron chi connectivity index (χ2n) is 5.55. The number of nitrogens with two attached hydrogens (primary N) is 1. The summed E-state index contributed by atoms with van der Waals surface area (Å²) in [6, 6.07) is 6.55. The van der Waals surface area contributed by atoms with E-state index in [1.165, 1.54) is 25.7 Å². The Morgan fingerprint density at radius 1 is 1.48 bits per heavy atom. The summed E-state index contributed by atoms with van der Waals surface area (Å²) in [5.41, 5.74) is 7.54. The molecule has 21 heavy (non-hydrogen) atoms. The van der Waals surface area contributed by atoms with E-state index in [1.54, 1.807) is 7.11 Å². The molecule has 0 amide bonds. The van der Waals surface area contributed by atoms with E-state index in [1.807, 2.05) is 18.2 Å². The lowest BCUT2D eigenvalue weighted by Gasteiger charge is -2.35. The normalized spacial score (nSPS) is 20.5. The molecule has 116 valence electrons. The molecule has 1 fully saturated rings. The van der Waals surface area contributed by atoms with Crippen LogP contribution in [0.3, 0.4) is 0 Å². The Kier molecular flexibility index (Phi) is 5.44. The van der Waals surface area contributed by atoms with Crippen molar-refractivity contribution < 1.29 is 9.94 Å². The number of methoxy groups -OCH3 is 1. The maximum absolute atomic E-state index is 8.90. The standard InChI is InChI=1S/C16H25N3O2/c1-3-13-6-4-5-9-19(13)11-12-7-8-15(21-2)14(10-12)16(17)18-20/h7-8,10,13,20H,3-6,9,11H2,1-2H3,(H2,17,18). The van der Waals surface area contributed by atoms with Crippen LogP contribution in [0.4, 0.5) is 0 Å². The number of likely N-dealkylation sites (tertiary alicyclic amines) is 1. The van der Waals surface area contributed by atoms with Crippen molar-refractivity contribution in [2.45, 2.75) is 45.2 Å². The number of oxime groups is 1. The molecular formula is C16H25N3O2. The zero-order chi connectivity index (χ0) is 15.2. The molecule has 0 aromatic heterocycles. The highest BCUT2D eigenvalue weighted by atomic mass is 16.5. The third kappa shape index (κ3) is 3.67. The molecule has 0 bridgehead atoms. The lowest BCUT2D eigenvalue weighted by molar-refractivity contribution is 0.136. The number of hydrogen-bond donors (Lipinski definition) is 2. The highest BCUT2D eigenvalue weighted by Crippen LogP contribution is 2.24. The molecule has 1 aromatic carbocycles. The summed E-state index contributed by atoms with van der Waals surface area (Å²) in [5, 5.41) is 12.0. The van der Waals surface area contributed by atoms with E-state index < -0.39 is 0 Å². The molecular weight excluding hydrogens is 266 g/mol. The quantitative estimate of drug-likeness (QED) is 0.378. The van der Waals surface area contributed by atoms with Crippen LogP contribution in [0.2, 0.25) is 0 Å². The molecule has 1 aliphatic rings. The Balaban J connectivity index is 2.20. The fourth-order valence-electron chi connectivity index (χ4n) is 3.07. The van der Waals surface area contributed by atoms with Crippen LogP contribution in [0.15, 0.2) is 23.4 Å². The second kappa shape index (κ2) is 7.31. The summed E-state index contributed by atoms with van der Waals surface area (Å²) >= 11 is 0. The van der Waals surface area contributed by atoms with Crippen LogP contribution in [0, 0.1) is 0 Å². The van der Waals surface area contributed by atoms with Gasteiger partial charge in [-0.3, -0.25) is 4.90 Å². The first-order chi connectivity index (χ1) is 10.2. The molecule has 1 aromatic rings. The summed E-state index contributed by atoms with van der Waals surface area (Å²) in [5.74, 6) is 0.708.